The third-order valence-electron chi connectivity index (χ3n) is 5.51. The summed E-state index contributed by atoms with van der Waals surface area (Å²) >= 11 is 6.31. The van der Waals surface area contributed by atoms with Gasteiger partial charge in [0.15, 0.2) is 0 Å². The van der Waals surface area contributed by atoms with Gasteiger partial charge < -0.3 is 10.0 Å². The van der Waals surface area contributed by atoms with Gasteiger partial charge in [0, 0.05) is 23.7 Å². The SMILES string of the molecule is C[C@@H]1CCCN([C@]2(O)C(=O)N(Cc3ccccc3Cl)c3ccccc32)C1. The number of likely N-dealkylation sites (tertiary alicyclic amines) is 1. The van der Waals surface area contributed by atoms with Crippen molar-refractivity contribution in [3.63, 3.8) is 0 Å². The van der Waals surface area contributed by atoms with Gasteiger partial charge in [-0.1, -0.05) is 54.9 Å². The van der Waals surface area contributed by atoms with E-state index in [0.717, 1.165) is 37.2 Å². The lowest BCUT2D eigenvalue weighted by molar-refractivity contribution is -0.165. The average Bonchev–Trinajstić information content (AvgIpc) is 2.87. The molecule has 0 aromatic heterocycles. The molecule has 0 spiro atoms. The van der Waals surface area contributed by atoms with Gasteiger partial charge in [0.1, 0.15) is 0 Å². The zero-order valence-electron chi connectivity index (χ0n) is 14.9. The van der Waals surface area contributed by atoms with Crippen LogP contribution in [-0.4, -0.2) is 29.0 Å². The highest BCUT2D eigenvalue weighted by Gasteiger charge is 2.54. The molecule has 2 aliphatic heterocycles. The Morgan fingerprint density at radius 1 is 1.19 bits per heavy atom. The Hall–Kier alpha value is -1.88. The molecular formula is C21H23ClN2O2. The maximum absolute atomic E-state index is 13.4. The summed E-state index contributed by atoms with van der Waals surface area (Å²) in [5.74, 6) is 0.179. The summed E-state index contributed by atoms with van der Waals surface area (Å²) in [7, 11) is 0. The normalized spacial score (nSPS) is 26.2. The minimum absolute atomic E-state index is 0.285. The van der Waals surface area contributed by atoms with Crippen molar-refractivity contribution in [3.8, 4) is 0 Å². The number of carbonyl (C=O) groups excluding carboxylic acids is 1. The van der Waals surface area contributed by atoms with Crippen LogP contribution in [0.3, 0.4) is 0 Å². The quantitative estimate of drug-likeness (QED) is 0.894. The Kier molecular flexibility index (Phi) is 4.51. The van der Waals surface area contributed by atoms with E-state index in [-0.39, 0.29) is 5.91 Å². The van der Waals surface area contributed by atoms with Gasteiger partial charge in [-0.2, -0.15) is 0 Å². The molecule has 2 aromatic carbocycles. The van der Waals surface area contributed by atoms with Gasteiger partial charge in [0.2, 0.25) is 5.72 Å². The molecule has 4 nitrogen and oxygen atoms in total. The molecule has 5 heteroatoms. The van der Waals surface area contributed by atoms with Gasteiger partial charge in [-0.25, -0.2) is 0 Å². The van der Waals surface area contributed by atoms with Crippen LogP contribution in [-0.2, 0) is 17.1 Å². The van der Waals surface area contributed by atoms with Crippen molar-refractivity contribution in [2.75, 3.05) is 18.0 Å². The van der Waals surface area contributed by atoms with Crippen LogP contribution in [0, 0.1) is 5.92 Å². The minimum atomic E-state index is -1.59. The predicted molar refractivity (Wildman–Crippen MR) is 103 cm³/mol. The number of benzene rings is 2. The van der Waals surface area contributed by atoms with Crippen molar-refractivity contribution in [3.05, 3.63) is 64.7 Å². The molecule has 1 fully saturated rings. The molecule has 2 aromatic rings. The number of hydrogen-bond donors (Lipinski definition) is 1. The summed E-state index contributed by atoms with van der Waals surface area (Å²) < 4.78 is 0. The van der Waals surface area contributed by atoms with Gasteiger partial charge in [0.25, 0.3) is 5.91 Å². The number of anilines is 1. The molecule has 26 heavy (non-hydrogen) atoms. The summed E-state index contributed by atoms with van der Waals surface area (Å²) in [4.78, 5) is 17.0. The van der Waals surface area contributed by atoms with Crippen LogP contribution in [0.5, 0.6) is 0 Å². The molecule has 1 saturated heterocycles. The van der Waals surface area contributed by atoms with E-state index in [4.69, 9.17) is 11.6 Å². The van der Waals surface area contributed by atoms with E-state index in [2.05, 4.69) is 6.92 Å². The fourth-order valence-corrected chi connectivity index (χ4v) is 4.35. The molecule has 0 bridgehead atoms. The van der Waals surface area contributed by atoms with Crippen LogP contribution in [0.15, 0.2) is 48.5 Å². The van der Waals surface area contributed by atoms with E-state index in [1.54, 1.807) is 4.90 Å². The average molecular weight is 371 g/mol. The first-order chi connectivity index (χ1) is 12.5. The third-order valence-corrected chi connectivity index (χ3v) is 5.88. The number of fused-ring (bicyclic) bond motifs is 1. The van der Waals surface area contributed by atoms with Crippen LogP contribution >= 0.6 is 11.6 Å². The van der Waals surface area contributed by atoms with Crippen LogP contribution < -0.4 is 4.90 Å². The molecule has 1 N–H and O–H groups in total. The van der Waals surface area contributed by atoms with Crippen LogP contribution in [0.2, 0.25) is 5.02 Å². The second-order valence-electron chi connectivity index (χ2n) is 7.37. The summed E-state index contributed by atoms with van der Waals surface area (Å²) in [6, 6.07) is 15.1. The van der Waals surface area contributed by atoms with Crippen molar-refractivity contribution < 1.29 is 9.90 Å². The topological polar surface area (TPSA) is 43.8 Å². The first-order valence-corrected chi connectivity index (χ1v) is 9.52. The maximum Gasteiger partial charge on any atom is 0.279 e. The maximum atomic E-state index is 13.4. The number of para-hydroxylation sites is 1. The van der Waals surface area contributed by atoms with Gasteiger partial charge in [-0.3, -0.25) is 9.69 Å². The Balaban J connectivity index is 1.74. The molecule has 2 aliphatic rings. The number of amides is 1. The number of carbonyl (C=O) groups is 1. The van der Waals surface area contributed by atoms with Crippen molar-refractivity contribution in [1.82, 2.24) is 4.90 Å². The van der Waals surface area contributed by atoms with E-state index < -0.39 is 5.72 Å². The monoisotopic (exact) mass is 370 g/mol. The summed E-state index contributed by atoms with van der Waals surface area (Å²) in [5, 5.41) is 12.2. The molecule has 0 unspecified atom stereocenters. The lowest BCUT2D eigenvalue weighted by Crippen LogP contribution is -2.55. The minimum Gasteiger partial charge on any atom is -0.364 e. The molecule has 1 amide bonds. The lowest BCUT2D eigenvalue weighted by atomic mass is 9.94. The van der Waals surface area contributed by atoms with Gasteiger partial charge in [0.05, 0.1) is 12.2 Å². The molecule has 0 aliphatic carbocycles. The standard InChI is InChI=1S/C21H23ClN2O2/c1-15-7-6-12-23(13-15)21(26)17-9-3-5-11-19(17)24(20(21)25)14-16-8-2-4-10-18(16)22/h2-5,8-11,15,26H,6-7,12-14H2,1H3/t15-,21-/m1/s1. The molecule has 2 heterocycles. The van der Waals surface area contributed by atoms with Crippen molar-refractivity contribution >= 4 is 23.2 Å². The second-order valence-corrected chi connectivity index (χ2v) is 7.77. The van der Waals surface area contributed by atoms with E-state index >= 15 is 0 Å². The fourth-order valence-electron chi connectivity index (χ4n) is 4.16. The predicted octanol–water partition coefficient (Wildman–Crippen LogP) is 3.76. The molecular weight excluding hydrogens is 348 g/mol. The summed E-state index contributed by atoms with van der Waals surface area (Å²) in [5.41, 5.74) is 0.713. The highest BCUT2D eigenvalue weighted by molar-refractivity contribution is 6.31. The summed E-state index contributed by atoms with van der Waals surface area (Å²) in [6.07, 6.45) is 2.12. The highest BCUT2D eigenvalue weighted by atomic mass is 35.5. The van der Waals surface area contributed by atoms with Gasteiger partial charge in [-0.15, -0.1) is 0 Å². The Morgan fingerprint density at radius 3 is 2.69 bits per heavy atom. The lowest BCUT2D eigenvalue weighted by Gasteiger charge is -2.40. The number of piperidine rings is 1. The van der Waals surface area contributed by atoms with Crippen LogP contribution in [0.4, 0.5) is 5.69 Å². The number of nitrogens with zero attached hydrogens (tertiary/aromatic N) is 2. The van der Waals surface area contributed by atoms with Crippen molar-refractivity contribution in [1.29, 1.82) is 0 Å². The largest absolute Gasteiger partial charge is 0.364 e. The second kappa shape index (κ2) is 6.69. The van der Waals surface area contributed by atoms with Crippen LogP contribution in [0.25, 0.3) is 0 Å². The zero-order chi connectivity index (χ0) is 18.3. The first kappa shape index (κ1) is 17.5. The Labute approximate surface area is 159 Å². The van der Waals surface area contributed by atoms with E-state index in [9.17, 15) is 9.90 Å². The number of rotatable bonds is 3. The molecule has 0 saturated carbocycles. The summed E-state index contributed by atoms with van der Waals surface area (Å²) in [6.45, 7) is 3.96. The van der Waals surface area contributed by atoms with E-state index in [0.29, 0.717) is 23.0 Å². The zero-order valence-corrected chi connectivity index (χ0v) is 15.6. The van der Waals surface area contributed by atoms with Crippen molar-refractivity contribution in [2.24, 2.45) is 5.92 Å². The van der Waals surface area contributed by atoms with E-state index in [1.165, 1.54) is 0 Å². The van der Waals surface area contributed by atoms with Gasteiger partial charge in [-0.05, 0) is 36.5 Å². The van der Waals surface area contributed by atoms with Crippen molar-refractivity contribution in [2.45, 2.75) is 32.0 Å². The molecule has 4 rings (SSSR count). The van der Waals surface area contributed by atoms with E-state index in [1.807, 2.05) is 53.4 Å². The van der Waals surface area contributed by atoms with Crippen LogP contribution in [0.1, 0.15) is 30.9 Å². The smallest absolute Gasteiger partial charge is 0.279 e. The molecule has 2 atom stereocenters. The number of hydrogen-bond acceptors (Lipinski definition) is 3. The number of aliphatic hydroxyl groups is 1. The molecule has 0 radical (unpaired) electrons. The highest BCUT2D eigenvalue weighted by Crippen LogP contribution is 2.44. The third kappa shape index (κ3) is 2.73. The number of halogens is 1. The molecule has 136 valence electrons. The fraction of sp³-hybridized carbons (Fsp3) is 0.381. The Bertz CT molecular complexity index is 840. The first-order valence-electron chi connectivity index (χ1n) is 9.14. The van der Waals surface area contributed by atoms with Gasteiger partial charge >= 0.3 is 0 Å². The Morgan fingerprint density at radius 2 is 1.92 bits per heavy atom.